The van der Waals surface area contributed by atoms with Gasteiger partial charge in [-0.2, -0.15) is 8.79 Å². The number of hydrogen-bond acceptors (Lipinski definition) is 0. The standard InChI is InChI=1S/K.Mg.H5PSi.3H/c;;1-2;;;/h;;1H2,2H3;;;/q+1;+2;;3*-1. The molecule has 0 saturated carbocycles. The predicted octanol–water partition coefficient (Wildman–Crippen LogP) is -3.90. The molecule has 4 heavy (non-hydrogen) atoms. The Kier molecular flexibility index (Phi) is 65.2. The van der Waals surface area contributed by atoms with Gasteiger partial charge in [0.25, 0.3) is 0 Å². The summed E-state index contributed by atoms with van der Waals surface area (Å²) in [7, 11) is 3.78. The van der Waals surface area contributed by atoms with Gasteiger partial charge in [-0.3, -0.25) is 0 Å². The maximum atomic E-state index is 2.56. The Morgan fingerprint density at radius 3 is 1.50 bits per heavy atom. The van der Waals surface area contributed by atoms with Gasteiger partial charge >= 0.3 is 74.4 Å². The Morgan fingerprint density at radius 2 is 1.50 bits per heavy atom. The fraction of sp³-hybridized carbons (Fsp3) is 0. The van der Waals surface area contributed by atoms with Crippen LogP contribution >= 0.6 is 8.79 Å². The van der Waals surface area contributed by atoms with Crippen molar-refractivity contribution in [1.82, 2.24) is 0 Å². The maximum Gasteiger partial charge on any atom is 2.00 e. The third-order valence-electron chi connectivity index (χ3n) is 0. The van der Waals surface area contributed by atoms with Crippen LogP contribution in [0.25, 0.3) is 0 Å². The monoisotopic (exact) mass is 130 g/mol. The summed E-state index contributed by atoms with van der Waals surface area (Å²) >= 11 is 0. The van der Waals surface area contributed by atoms with Gasteiger partial charge in [0.15, 0.2) is 0 Å². The Balaban J connectivity index is -0.000000000500. The first-order valence-electron chi connectivity index (χ1n) is 0.577. The first kappa shape index (κ1) is 15.7. The van der Waals surface area contributed by atoms with Crippen molar-refractivity contribution in [3.63, 3.8) is 0 Å². The fourth-order valence-corrected chi connectivity index (χ4v) is 0. The zero-order valence-electron chi connectivity index (χ0n) is 6.28. The van der Waals surface area contributed by atoms with Crippen LogP contribution in [-0.2, 0) is 0 Å². The molecule has 0 heterocycles. The molecule has 0 nitrogen and oxygen atoms in total. The van der Waals surface area contributed by atoms with Crippen LogP contribution in [0.1, 0.15) is 4.28 Å². The van der Waals surface area contributed by atoms with Crippen molar-refractivity contribution in [3.05, 3.63) is 0 Å². The van der Waals surface area contributed by atoms with Crippen LogP contribution in [0.4, 0.5) is 0 Å². The van der Waals surface area contributed by atoms with Gasteiger partial charge in [-0.1, -0.05) is 0 Å². The third-order valence-corrected chi connectivity index (χ3v) is 0. The molecule has 0 N–H and O–H groups in total. The minimum absolute atomic E-state index is 0. The molecule has 0 bridgehead atoms. The molecule has 0 fully saturated rings. The Labute approximate surface area is 95.4 Å². The molecule has 0 amide bonds. The van der Waals surface area contributed by atoms with Gasteiger partial charge in [0.2, 0.25) is 0 Å². The molecular formula is H8KMgPSi. The van der Waals surface area contributed by atoms with Crippen LogP contribution in [0.15, 0.2) is 0 Å². The molecular weight excluding hydrogens is 122 g/mol. The van der Waals surface area contributed by atoms with E-state index in [2.05, 4.69) is 8.79 Å². The minimum atomic E-state index is 0. The quantitative estimate of drug-likeness (QED) is 0.232. The molecule has 0 rings (SSSR count). The van der Waals surface area contributed by atoms with Crippen LogP contribution in [0.3, 0.4) is 0 Å². The second-order valence-electron chi connectivity index (χ2n) is 0. The van der Waals surface area contributed by atoms with Crippen molar-refractivity contribution in [2.24, 2.45) is 0 Å². The van der Waals surface area contributed by atoms with Crippen LogP contribution in [-0.4, -0.2) is 33.0 Å². The van der Waals surface area contributed by atoms with Gasteiger partial charge in [-0.05, 0) is 0 Å². The summed E-state index contributed by atoms with van der Waals surface area (Å²) in [6, 6.07) is 0. The van der Waals surface area contributed by atoms with Crippen molar-refractivity contribution in [3.8, 4) is 0 Å². The summed E-state index contributed by atoms with van der Waals surface area (Å²) in [6.07, 6.45) is 0. The molecule has 0 radical (unpaired) electrons. The minimum Gasteiger partial charge on any atom is -1.00 e. The van der Waals surface area contributed by atoms with Crippen molar-refractivity contribution >= 4 is 41.8 Å². The van der Waals surface area contributed by atoms with Crippen LogP contribution in [0.2, 0.25) is 0 Å². The maximum absolute atomic E-state index is 2.56. The van der Waals surface area contributed by atoms with Crippen molar-refractivity contribution in [2.45, 2.75) is 0 Å². The van der Waals surface area contributed by atoms with E-state index in [0.29, 0.717) is 0 Å². The molecule has 0 spiro atoms. The van der Waals surface area contributed by atoms with Crippen molar-refractivity contribution in [2.75, 3.05) is 0 Å². The molecule has 4 heteroatoms. The SMILES string of the molecule is [H-].[H-].[H-].[K+].[Mg+2].[SiH3]P. The first-order chi connectivity index (χ1) is 1.00. The average Bonchev–Trinajstić information content (AvgIpc) is 1.00. The molecule has 0 aliphatic carbocycles. The molecule has 0 saturated heterocycles. The second-order valence-corrected chi connectivity index (χ2v) is 0. The number of rotatable bonds is 0. The topological polar surface area (TPSA) is 0 Å². The smallest absolute Gasteiger partial charge is 1.00 e. The van der Waals surface area contributed by atoms with Crippen LogP contribution in [0, 0.1) is 0 Å². The molecule has 1 unspecified atom stereocenters. The summed E-state index contributed by atoms with van der Waals surface area (Å²) in [5.74, 6) is 0. The summed E-state index contributed by atoms with van der Waals surface area (Å²) in [5.41, 5.74) is 0. The van der Waals surface area contributed by atoms with E-state index in [9.17, 15) is 0 Å². The molecule has 0 aromatic heterocycles. The molecule has 0 aliphatic heterocycles. The molecule has 1 atom stereocenters. The molecule has 0 aliphatic rings. The zero-order valence-corrected chi connectivity index (χ0v) is 11.0. The molecule has 0 aromatic carbocycles. The van der Waals surface area contributed by atoms with E-state index >= 15 is 0 Å². The van der Waals surface area contributed by atoms with Crippen molar-refractivity contribution in [1.29, 1.82) is 0 Å². The van der Waals surface area contributed by atoms with Gasteiger partial charge in [-0.25, -0.2) is 0 Å². The van der Waals surface area contributed by atoms with Gasteiger partial charge < -0.3 is 4.28 Å². The van der Waals surface area contributed by atoms with Gasteiger partial charge in [0.1, 0.15) is 0 Å². The molecule has 20 valence electrons. The van der Waals surface area contributed by atoms with Crippen molar-refractivity contribution < 1.29 is 55.7 Å². The summed E-state index contributed by atoms with van der Waals surface area (Å²) in [4.78, 5) is 0. The summed E-state index contributed by atoms with van der Waals surface area (Å²) in [5, 5.41) is 0. The average molecular weight is 131 g/mol. The molecule has 0 aromatic rings. The van der Waals surface area contributed by atoms with E-state index in [1.54, 1.807) is 0 Å². The summed E-state index contributed by atoms with van der Waals surface area (Å²) in [6.45, 7) is 0. The normalized spacial score (nSPS) is 2.25. The van der Waals surface area contributed by atoms with E-state index in [1.807, 2.05) is 0 Å². The zero-order chi connectivity index (χ0) is 2.00. The Bertz CT molecular complexity index is 14.9. The Morgan fingerprint density at radius 1 is 1.50 bits per heavy atom. The second kappa shape index (κ2) is 16.6. The summed E-state index contributed by atoms with van der Waals surface area (Å²) < 4.78 is 0. The van der Waals surface area contributed by atoms with E-state index < -0.39 is 0 Å². The first-order valence-corrected chi connectivity index (χ1v) is 5.20. The largest absolute Gasteiger partial charge is 2.00 e. The van der Waals surface area contributed by atoms with Gasteiger partial charge in [-0.15, -0.1) is 0 Å². The van der Waals surface area contributed by atoms with E-state index in [4.69, 9.17) is 0 Å². The number of hydrogen-bond donors (Lipinski definition) is 0. The Hall–Kier alpha value is 3.05. The van der Waals surface area contributed by atoms with Gasteiger partial charge in [0, 0.05) is 9.91 Å². The van der Waals surface area contributed by atoms with Crippen LogP contribution in [0.5, 0.6) is 0 Å². The van der Waals surface area contributed by atoms with Gasteiger partial charge in [0.05, 0.1) is 0 Å². The van der Waals surface area contributed by atoms with Crippen LogP contribution < -0.4 is 51.4 Å². The van der Waals surface area contributed by atoms with E-state index in [1.165, 1.54) is 9.91 Å². The van der Waals surface area contributed by atoms with E-state index in [-0.39, 0.29) is 78.7 Å². The fourth-order valence-electron chi connectivity index (χ4n) is 0. The van der Waals surface area contributed by atoms with E-state index in [0.717, 1.165) is 0 Å². The predicted molar refractivity (Wildman–Crippen MR) is 28.7 cm³/mol. The third kappa shape index (κ3) is 8.90.